The summed E-state index contributed by atoms with van der Waals surface area (Å²) in [7, 11) is 0. The van der Waals surface area contributed by atoms with E-state index in [2.05, 4.69) is 10.3 Å². The third-order valence-electron chi connectivity index (χ3n) is 3.79. The maximum atomic E-state index is 12.4. The predicted octanol–water partition coefficient (Wildman–Crippen LogP) is 3.44. The summed E-state index contributed by atoms with van der Waals surface area (Å²) in [6.07, 6.45) is 0.823. The molecule has 0 unspecified atom stereocenters. The third-order valence-corrected chi connectivity index (χ3v) is 3.79. The summed E-state index contributed by atoms with van der Waals surface area (Å²) in [6.45, 7) is 5.02. The van der Waals surface area contributed by atoms with Gasteiger partial charge in [-0.25, -0.2) is 4.99 Å². The zero-order valence-corrected chi connectivity index (χ0v) is 15.0. The van der Waals surface area contributed by atoms with Crippen molar-refractivity contribution in [2.75, 3.05) is 13.4 Å². The average Bonchev–Trinajstić information content (AvgIpc) is 3.11. The SMILES string of the molecule is CCCOC(=NCc1ccc2c(c1)OCO2)NC(=O)c1cccc(C)c1. The van der Waals surface area contributed by atoms with Gasteiger partial charge in [0.15, 0.2) is 11.5 Å². The van der Waals surface area contributed by atoms with Gasteiger partial charge in [-0.1, -0.05) is 30.7 Å². The highest BCUT2D eigenvalue weighted by atomic mass is 16.7. The van der Waals surface area contributed by atoms with Crippen LogP contribution in [0.4, 0.5) is 0 Å². The number of fused-ring (bicyclic) bond motifs is 1. The Morgan fingerprint density at radius 1 is 1.19 bits per heavy atom. The summed E-state index contributed by atoms with van der Waals surface area (Å²) in [5.74, 6) is 1.19. The second-order valence-electron chi connectivity index (χ2n) is 5.98. The highest BCUT2D eigenvalue weighted by molar-refractivity contribution is 6.04. The molecule has 2 aromatic carbocycles. The van der Waals surface area contributed by atoms with Crippen molar-refractivity contribution < 1.29 is 19.0 Å². The van der Waals surface area contributed by atoms with Gasteiger partial charge < -0.3 is 14.2 Å². The lowest BCUT2D eigenvalue weighted by atomic mass is 10.1. The molecule has 6 nitrogen and oxygen atoms in total. The summed E-state index contributed by atoms with van der Waals surface area (Å²) in [5, 5.41) is 2.75. The van der Waals surface area contributed by atoms with E-state index in [1.165, 1.54) is 0 Å². The van der Waals surface area contributed by atoms with E-state index in [0.29, 0.717) is 24.5 Å². The molecule has 26 heavy (non-hydrogen) atoms. The number of amides is 1. The zero-order chi connectivity index (χ0) is 18.4. The van der Waals surface area contributed by atoms with Crippen LogP contribution >= 0.6 is 0 Å². The molecule has 0 spiro atoms. The lowest BCUT2D eigenvalue weighted by Gasteiger charge is -2.10. The minimum Gasteiger partial charge on any atom is -0.465 e. The van der Waals surface area contributed by atoms with E-state index >= 15 is 0 Å². The summed E-state index contributed by atoms with van der Waals surface area (Å²) in [5.41, 5.74) is 2.53. The molecule has 1 aliphatic heterocycles. The molecule has 0 saturated carbocycles. The Morgan fingerprint density at radius 3 is 2.85 bits per heavy atom. The first-order valence-electron chi connectivity index (χ1n) is 8.59. The molecule has 0 aliphatic carbocycles. The molecule has 0 bridgehead atoms. The summed E-state index contributed by atoms with van der Waals surface area (Å²) < 4.78 is 16.3. The Balaban J connectivity index is 1.70. The molecule has 1 amide bonds. The summed E-state index contributed by atoms with van der Waals surface area (Å²) in [4.78, 5) is 16.8. The number of nitrogens with one attached hydrogen (secondary N) is 1. The molecular formula is C20H22N2O4. The van der Waals surface area contributed by atoms with Crippen LogP contribution in [0.25, 0.3) is 0 Å². The second-order valence-corrected chi connectivity index (χ2v) is 5.98. The molecule has 136 valence electrons. The number of carbonyl (C=O) groups excluding carboxylic acids is 1. The number of amidine groups is 1. The molecular weight excluding hydrogens is 332 g/mol. The predicted molar refractivity (Wildman–Crippen MR) is 98.6 cm³/mol. The van der Waals surface area contributed by atoms with Gasteiger partial charge in [-0.3, -0.25) is 10.1 Å². The van der Waals surface area contributed by atoms with Gasteiger partial charge in [0.1, 0.15) is 0 Å². The first kappa shape index (κ1) is 17.8. The Kier molecular flexibility index (Phi) is 5.73. The first-order valence-corrected chi connectivity index (χ1v) is 8.59. The Bertz CT molecular complexity index is 817. The molecule has 0 fully saturated rings. The Morgan fingerprint density at radius 2 is 2.04 bits per heavy atom. The van der Waals surface area contributed by atoms with E-state index in [1.54, 1.807) is 6.07 Å². The Labute approximate surface area is 152 Å². The number of benzene rings is 2. The number of aliphatic imine (C=N–C) groups is 1. The van der Waals surface area contributed by atoms with E-state index in [1.807, 2.05) is 50.2 Å². The minimum absolute atomic E-state index is 0.219. The van der Waals surface area contributed by atoms with Crippen LogP contribution in [0.2, 0.25) is 0 Å². The molecule has 2 aromatic rings. The highest BCUT2D eigenvalue weighted by Gasteiger charge is 2.14. The zero-order valence-electron chi connectivity index (χ0n) is 15.0. The number of nitrogens with zero attached hydrogens (tertiary/aromatic N) is 1. The van der Waals surface area contributed by atoms with Crippen LogP contribution in [0, 0.1) is 6.92 Å². The molecule has 1 heterocycles. The normalized spacial score (nSPS) is 12.8. The molecule has 0 atom stereocenters. The smallest absolute Gasteiger partial charge is 0.292 e. The van der Waals surface area contributed by atoms with Gasteiger partial charge in [0.25, 0.3) is 11.9 Å². The molecule has 0 aromatic heterocycles. The van der Waals surface area contributed by atoms with Crippen molar-refractivity contribution in [3.63, 3.8) is 0 Å². The lowest BCUT2D eigenvalue weighted by Crippen LogP contribution is -2.33. The quantitative estimate of drug-likeness (QED) is 0.660. The molecule has 6 heteroatoms. The van der Waals surface area contributed by atoms with Gasteiger partial charge in [0.2, 0.25) is 6.79 Å². The van der Waals surface area contributed by atoms with Crippen LogP contribution in [0.15, 0.2) is 47.5 Å². The van der Waals surface area contributed by atoms with E-state index < -0.39 is 0 Å². The van der Waals surface area contributed by atoms with Gasteiger partial charge in [-0.15, -0.1) is 0 Å². The summed E-state index contributed by atoms with van der Waals surface area (Å²) >= 11 is 0. The minimum atomic E-state index is -0.241. The van der Waals surface area contributed by atoms with E-state index in [-0.39, 0.29) is 18.7 Å². The third kappa shape index (κ3) is 4.53. The molecule has 0 radical (unpaired) electrons. The Hall–Kier alpha value is -3.02. The molecule has 3 rings (SSSR count). The fraction of sp³-hybridized carbons (Fsp3) is 0.300. The largest absolute Gasteiger partial charge is 0.465 e. The van der Waals surface area contributed by atoms with Crippen LogP contribution in [-0.4, -0.2) is 25.3 Å². The van der Waals surface area contributed by atoms with Gasteiger partial charge in [-0.2, -0.15) is 0 Å². The van der Waals surface area contributed by atoms with Gasteiger partial charge in [0.05, 0.1) is 13.2 Å². The van der Waals surface area contributed by atoms with E-state index in [0.717, 1.165) is 23.3 Å². The van der Waals surface area contributed by atoms with E-state index in [9.17, 15) is 4.79 Å². The molecule has 1 aliphatic rings. The molecule has 0 saturated heterocycles. The van der Waals surface area contributed by atoms with Crippen molar-refractivity contribution in [3.8, 4) is 11.5 Å². The van der Waals surface area contributed by atoms with Crippen LogP contribution in [0.1, 0.15) is 34.8 Å². The number of hydrogen-bond acceptors (Lipinski definition) is 5. The fourth-order valence-corrected chi connectivity index (χ4v) is 2.48. The second kappa shape index (κ2) is 8.38. The number of ether oxygens (including phenoxy) is 3. The van der Waals surface area contributed by atoms with Gasteiger partial charge in [-0.05, 0) is 43.2 Å². The van der Waals surface area contributed by atoms with Crippen molar-refractivity contribution in [1.29, 1.82) is 0 Å². The topological polar surface area (TPSA) is 69.2 Å². The van der Waals surface area contributed by atoms with Crippen molar-refractivity contribution in [1.82, 2.24) is 5.32 Å². The van der Waals surface area contributed by atoms with Crippen LogP contribution in [0.5, 0.6) is 11.5 Å². The maximum Gasteiger partial charge on any atom is 0.292 e. The lowest BCUT2D eigenvalue weighted by molar-refractivity contribution is 0.0965. The first-order chi connectivity index (χ1) is 12.7. The van der Waals surface area contributed by atoms with Gasteiger partial charge in [0, 0.05) is 5.56 Å². The van der Waals surface area contributed by atoms with Crippen molar-refractivity contribution in [2.24, 2.45) is 4.99 Å². The summed E-state index contributed by atoms with van der Waals surface area (Å²) in [6, 6.07) is 13.2. The van der Waals surface area contributed by atoms with Crippen molar-refractivity contribution in [3.05, 3.63) is 59.2 Å². The van der Waals surface area contributed by atoms with Crippen molar-refractivity contribution >= 4 is 11.9 Å². The maximum absolute atomic E-state index is 12.4. The monoisotopic (exact) mass is 354 g/mol. The standard InChI is InChI=1S/C20H22N2O4/c1-3-9-24-20(22-19(23)16-6-4-5-14(2)10-16)21-12-15-7-8-17-18(11-15)26-13-25-17/h4-8,10-11H,3,9,12-13H2,1-2H3,(H,21,22,23). The number of carbonyl (C=O) groups is 1. The number of rotatable bonds is 5. The van der Waals surface area contributed by atoms with Gasteiger partial charge >= 0.3 is 0 Å². The van der Waals surface area contributed by atoms with Crippen LogP contribution in [-0.2, 0) is 11.3 Å². The average molecular weight is 354 g/mol. The molecule has 1 N–H and O–H groups in total. The highest BCUT2D eigenvalue weighted by Crippen LogP contribution is 2.32. The van der Waals surface area contributed by atoms with Crippen LogP contribution < -0.4 is 14.8 Å². The number of aryl methyl sites for hydroxylation is 1. The van der Waals surface area contributed by atoms with E-state index in [4.69, 9.17) is 14.2 Å². The fourth-order valence-electron chi connectivity index (χ4n) is 2.48. The number of hydrogen-bond donors (Lipinski definition) is 1. The van der Waals surface area contributed by atoms with Crippen LogP contribution in [0.3, 0.4) is 0 Å². The van der Waals surface area contributed by atoms with Crippen molar-refractivity contribution in [2.45, 2.75) is 26.8 Å².